The number of carbonyl (C=O) groups is 2. The van der Waals surface area contributed by atoms with Crippen LogP contribution < -0.4 is 0 Å². The van der Waals surface area contributed by atoms with Crippen LogP contribution in [-0.4, -0.2) is 25.2 Å². The number of ether oxygens (including phenoxy) is 2. The van der Waals surface area contributed by atoms with E-state index in [1.54, 1.807) is 12.1 Å². The van der Waals surface area contributed by atoms with E-state index in [1.165, 1.54) is 22.7 Å². The van der Waals surface area contributed by atoms with Crippen LogP contribution in [0.5, 0.6) is 0 Å². The fourth-order valence-corrected chi connectivity index (χ4v) is 6.58. The van der Waals surface area contributed by atoms with Crippen molar-refractivity contribution in [2.45, 2.75) is 39.5 Å². The molecule has 2 aromatic heterocycles. The molecule has 0 fully saturated rings. The second-order valence-corrected chi connectivity index (χ2v) is 10.7. The molecule has 0 aliphatic carbocycles. The topological polar surface area (TPSA) is 52.6 Å². The van der Waals surface area contributed by atoms with E-state index in [4.69, 9.17) is 32.7 Å². The third-order valence-corrected chi connectivity index (χ3v) is 8.71. The van der Waals surface area contributed by atoms with E-state index in [9.17, 15) is 9.59 Å². The Morgan fingerprint density at radius 2 is 1.29 bits per heavy atom. The highest BCUT2D eigenvalue weighted by atomic mass is 35.5. The van der Waals surface area contributed by atoms with Crippen LogP contribution >= 0.6 is 45.9 Å². The molecular weight excluding hydrogens is 511 g/mol. The highest BCUT2D eigenvalue weighted by molar-refractivity contribution is 7.29. The molecule has 2 heterocycles. The summed E-state index contributed by atoms with van der Waals surface area (Å²) in [6.45, 7) is 4.83. The van der Waals surface area contributed by atoms with Crippen molar-refractivity contribution in [2.24, 2.45) is 0 Å². The highest BCUT2D eigenvalue weighted by Gasteiger charge is 2.25. The molecule has 0 bridgehead atoms. The van der Waals surface area contributed by atoms with Crippen molar-refractivity contribution in [3.63, 3.8) is 0 Å². The van der Waals surface area contributed by atoms with E-state index in [0.717, 1.165) is 57.0 Å². The van der Waals surface area contributed by atoms with E-state index in [2.05, 4.69) is 6.92 Å². The number of benzene rings is 2. The molecule has 4 nitrogen and oxygen atoms in total. The predicted octanol–water partition coefficient (Wildman–Crippen LogP) is 9.00. The fourth-order valence-electron chi connectivity index (χ4n) is 3.61. The Bertz CT molecular complexity index is 1340. The van der Waals surface area contributed by atoms with Gasteiger partial charge in [-0.3, -0.25) is 0 Å². The fraction of sp³-hybridized carbons (Fsp3) is 0.308. The van der Waals surface area contributed by atoms with Crippen LogP contribution in [-0.2, 0) is 9.47 Å². The average molecular weight is 536 g/mol. The lowest BCUT2D eigenvalue weighted by atomic mass is 10.0. The third-order valence-electron chi connectivity index (χ3n) is 5.42. The van der Waals surface area contributed by atoms with Gasteiger partial charge in [-0.25, -0.2) is 9.59 Å². The first-order chi connectivity index (χ1) is 16.5. The Hall–Kier alpha value is -2.12. The van der Waals surface area contributed by atoms with Gasteiger partial charge in [-0.15, -0.1) is 22.7 Å². The zero-order valence-corrected chi connectivity index (χ0v) is 22.1. The van der Waals surface area contributed by atoms with Gasteiger partial charge in [0.2, 0.25) is 0 Å². The Labute approximate surface area is 216 Å². The van der Waals surface area contributed by atoms with Gasteiger partial charge in [0.25, 0.3) is 0 Å². The number of unbranched alkanes of at least 4 members (excludes halogenated alkanes) is 2. The number of halogens is 2. The summed E-state index contributed by atoms with van der Waals surface area (Å²) >= 11 is 15.4. The minimum Gasteiger partial charge on any atom is -0.461 e. The number of fused-ring (bicyclic) bond motifs is 3. The summed E-state index contributed by atoms with van der Waals surface area (Å²) < 4.78 is 12.7. The van der Waals surface area contributed by atoms with Crippen LogP contribution in [0.25, 0.3) is 31.3 Å². The van der Waals surface area contributed by atoms with Crippen molar-refractivity contribution in [1.82, 2.24) is 0 Å². The molecule has 8 heteroatoms. The molecule has 4 aromatic rings. The lowest BCUT2D eigenvalue weighted by Gasteiger charge is -2.06. The van der Waals surface area contributed by atoms with Crippen LogP contribution in [0, 0.1) is 0 Å². The van der Waals surface area contributed by atoms with Crippen molar-refractivity contribution >= 4 is 78.0 Å². The van der Waals surface area contributed by atoms with E-state index >= 15 is 0 Å². The van der Waals surface area contributed by atoms with E-state index < -0.39 is 5.97 Å². The number of hydrogen-bond acceptors (Lipinski definition) is 6. The Balaban J connectivity index is 1.86. The molecule has 0 saturated carbocycles. The van der Waals surface area contributed by atoms with E-state index in [1.807, 2.05) is 31.2 Å². The molecule has 0 atom stereocenters. The molecule has 0 radical (unpaired) electrons. The van der Waals surface area contributed by atoms with Gasteiger partial charge in [-0.2, -0.15) is 0 Å². The molecule has 178 valence electrons. The first-order valence-electron chi connectivity index (χ1n) is 11.2. The van der Waals surface area contributed by atoms with Gasteiger partial charge in [0.05, 0.1) is 27.6 Å². The predicted molar refractivity (Wildman–Crippen MR) is 143 cm³/mol. The molecule has 0 saturated heterocycles. The van der Waals surface area contributed by atoms with Crippen LogP contribution in [0.4, 0.5) is 0 Å². The quantitative estimate of drug-likeness (QED) is 0.159. The lowest BCUT2D eigenvalue weighted by Crippen LogP contribution is -2.05. The monoisotopic (exact) mass is 534 g/mol. The van der Waals surface area contributed by atoms with Gasteiger partial charge >= 0.3 is 11.9 Å². The summed E-state index contributed by atoms with van der Waals surface area (Å²) in [7, 11) is 0. The largest absolute Gasteiger partial charge is 0.461 e. The van der Waals surface area contributed by atoms with Crippen LogP contribution in [0.3, 0.4) is 0 Å². The molecule has 4 rings (SSSR count). The summed E-state index contributed by atoms with van der Waals surface area (Å²) in [6, 6.07) is 11.3. The smallest absolute Gasteiger partial charge is 0.349 e. The third kappa shape index (κ3) is 4.96. The van der Waals surface area contributed by atoms with Gasteiger partial charge in [0.1, 0.15) is 9.75 Å². The van der Waals surface area contributed by atoms with E-state index in [-0.39, 0.29) is 5.97 Å². The molecule has 2 aromatic carbocycles. The van der Waals surface area contributed by atoms with Gasteiger partial charge in [-0.05, 0) is 30.5 Å². The Kier molecular flexibility index (Phi) is 8.14. The van der Waals surface area contributed by atoms with Gasteiger partial charge in [0, 0.05) is 21.4 Å². The molecule has 0 amide bonds. The summed E-state index contributed by atoms with van der Waals surface area (Å²) in [5, 5.41) is 2.69. The molecular formula is C26H24Cl2O4S2. The number of esters is 2. The second-order valence-electron chi connectivity index (χ2n) is 7.86. The maximum Gasteiger partial charge on any atom is 0.349 e. The van der Waals surface area contributed by atoms with Crippen LogP contribution in [0.15, 0.2) is 36.4 Å². The number of carbonyl (C=O) groups excluding carboxylic acids is 2. The van der Waals surface area contributed by atoms with Crippen molar-refractivity contribution in [1.29, 1.82) is 0 Å². The van der Waals surface area contributed by atoms with Gasteiger partial charge in [0.15, 0.2) is 0 Å². The number of hydrogen-bond donors (Lipinski definition) is 0. The average Bonchev–Trinajstić information content (AvgIpc) is 3.38. The Morgan fingerprint density at radius 1 is 0.765 bits per heavy atom. The summed E-state index contributed by atoms with van der Waals surface area (Å²) in [6.07, 6.45) is 3.49. The van der Waals surface area contributed by atoms with Crippen LogP contribution in [0.2, 0.25) is 10.0 Å². The minimum atomic E-state index is -0.415. The SMILES string of the molecule is CCCCOC(=O)c1sc2c(ccc3c(-c4ccc(Cl)cc4)c(C(=O)OCCCC)sc32)c1Cl. The lowest BCUT2D eigenvalue weighted by molar-refractivity contribution is 0.0496. The van der Waals surface area contributed by atoms with Crippen molar-refractivity contribution in [3.05, 3.63) is 56.2 Å². The normalized spacial score (nSPS) is 11.3. The molecule has 34 heavy (non-hydrogen) atoms. The van der Waals surface area contributed by atoms with Crippen LogP contribution in [0.1, 0.15) is 58.9 Å². The van der Waals surface area contributed by atoms with Crippen molar-refractivity contribution < 1.29 is 19.1 Å². The standard InChI is InChI=1S/C26H24Cl2O4S2/c1-3-5-13-31-25(29)23-19(15-7-9-16(27)10-8-15)17-11-12-18-20(28)24(26(30)32-14-6-4-2)34-22(18)21(17)33-23/h7-12H,3-6,13-14H2,1-2H3. The van der Waals surface area contributed by atoms with Crippen molar-refractivity contribution in [3.8, 4) is 11.1 Å². The first-order valence-corrected chi connectivity index (χ1v) is 13.6. The highest BCUT2D eigenvalue weighted by Crippen LogP contribution is 2.47. The molecule has 0 unspecified atom stereocenters. The first kappa shape index (κ1) is 25.0. The summed E-state index contributed by atoms with van der Waals surface area (Å²) in [5.74, 6) is -0.768. The van der Waals surface area contributed by atoms with Gasteiger partial charge < -0.3 is 9.47 Å². The zero-order valence-electron chi connectivity index (χ0n) is 18.9. The zero-order chi connectivity index (χ0) is 24.2. The Morgan fingerprint density at radius 3 is 1.91 bits per heavy atom. The molecule has 0 spiro atoms. The maximum atomic E-state index is 13.1. The van der Waals surface area contributed by atoms with Gasteiger partial charge in [-0.1, -0.05) is 74.2 Å². The maximum absolute atomic E-state index is 13.1. The summed E-state index contributed by atoms with van der Waals surface area (Å²) in [4.78, 5) is 26.6. The molecule has 0 aliphatic heterocycles. The van der Waals surface area contributed by atoms with E-state index in [0.29, 0.717) is 33.0 Å². The summed E-state index contributed by atoms with van der Waals surface area (Å²) in [5.41, 5.74) is 1.68. The second kappa shape index (κ2) is 11.1. The number of thiophene rings is 2. The van der Waals surface area contributed by atoms with Crippen molar-refractivity contribution in [2.75, 3.05) is 13.2 Å². The minimum absolute atomic E-state index is 0.352. The molecule has 0 aliphatic rings. The number of rotatable bonds is 9. The molecule has 0 N–H and O–H groups in total.